The molecule has 94 valence electrons. The number of aromatic nitrogens is 2. The number of fused-ring (bicyclic) bond motifs is 1. The second-order valence-electron chi connectivity index (χ2n) is 4.59. The summed E-state index contributed by atoms with van der Waals surface area (Å²) in [5, 5.41) is 3.33. The van der Waals surface area contributed by atoms with Gasteiger partial charge in [-0.25, -0.2) is 4.98 Å². The maximum atomic E-state index is 12.1. The predicted molar refractivity (Wildman–Crippen MR) is 74.0 cm³/mol. The van der Waals surface area contributed by atoms with Crippen LogP contribution >= 0.6 is 15.9 Å². The molecule has 2 aromatic heterocycles. The van der Waals surface area contributed by atoms with Gasteiger partial charge in [0.1, 0.15) is 5.65 Å². The van der Waals surface area contributed by atoms with Crippen molar-refractivity contribution in [3.05, 3.63) is 44.9 Å². The highest BCUT2D eigenvalue weighted by Gasteiger charge is 2.18. The molecule has 3 rings (SSSR count). The number of hydrogen-bond donors (Lipinski definition) is 1. The zero-order valence-electron chi connectivity index (χ0n) is 9.90. The first kappa shape index (κ1) is 11.9. The molecule has 4 nitrogen and oxygen atoms in total. The molecule has 0 aromatic carbocycles. The molecule has 1 N–H and O–H groups in total. The second-order valence-corrected chi connectivity index (χ2v) is 5.40. The Kier molecular flexibility index (Phi) is 3.18. The first-order chi connectivity index (χ1) is 8.75. The summed E-state index contributed by atoms with van der Waals surface area (Å²) in [6.07, 6.45) is 2.10. The topological polar surface area (TPSA) is 46.4 Å². The SMILES string of the molecule is O=c1cc(C2CCNCC2)nc2cccc(Br)n12. The fourth-order valence-electron chi connectivity index (χ4n) is 2.46. The average molecular weight is 308 g/mol. The molecule has 0 saturated carbocycles. The highest BCUT2D eigenvalue weighted by Crippen LogP contribution is 2.23. The normalized spacial score (nSPS) is 17.2. The molecule has 0 aliphatic carbocycles. The van der Waals surface area contributed by atoms with E-state index in [2.05, 4.69) is 26.2 Å². The molecule has 0 spiro atoms. The summed E-state index contributed by atoms with van der Waals surface area (Å²) in [5.41, 5.74) is 1.63. The predicted octanol–water partition coefficient (Wildman–Crippen LogP) is 1.92. The van der Waals surface area contributed by atoms with Crippen LogP contribution in [0.3, 0.4) is 0 Å². The Hall–Kier alpha value is -1.20. The van der Waals surface area contributed by atoms with Crippen LogP contribution in [0.2, 0.25) is 0 Å². The van der Waals surface area contributed by atoms with Crippen molar-refractivity contribution >= 4 is 21.6 Å². The van der Waals surface area contributed by atoms with E-state index in [9.17, 15) is 4.79 Å². The Bertz CT molecular complexity index is 632. The van der Waals surface area contributed by atoms with Crippen LogP contribution in [0.25, 0.3) is 5.65 Å². The molecular weight excluding hydrogens is 294 g/mol. The molecule has 2 aromatic rings. The number of rotatable bonds is 1. The summed E-state index contributed by atoms with van der Waals surface area (Å²) in [7, 11) is 0. The van der Waals surface area contributed by atoms with Gasteiger partial charge in [-0.1, -0.05) is 6.07 Å². The summed E-state index contributed by atoms with van der Waals surface area (Å²) >= 11 is 3.38. The van der Waals surface area contributed by atoms with Gasteiger partial charge >= 0.3 is 0 Å². The Morgan fingerprint density at radius 2 is 2.11 bits per heavy atom. The lowest BCUT2D eigenvalue weighted by Crippen LogP contribution is -2.28. The van der Waals surface area contributed by atoms with Crippen LogP contribution in [0.5, 0.6) is 0 Å². The number of piperidine rings is 1. The molecule has 1 saturated heterocycles. The first-order valence-corrected chi connectivity index (χ1v) is 6.94. The zero-order valence-corrected chi connectivity index (χ0v) is 11.5. The van der Waals surface area contributed by atoms with Crippen molar-refractivity contribution in [1.82, 2.24) is 14.7 Å². The van der Waals surface area contributed by atoms with Gasteiger partial charge < -0.3 is 5.32 Å². The van der Waals surface area contributed by atoms with Gasteiger partial charge in [0, 0.05) is 12.0 Å². The van der Waals surface area contributed by atoms with E-state index in [1.807, 2.05) is 18.2 Å². The van der Waals surface area contributed by atoms with Crippen LogP contribution in [0.4, 0.5) is 0 Å². The summed E-state index contributed by atoms with van der Waals surface area (Å²) < 4.78 is 2.33. The first-order valence-electron chi connectivity index (χ1n) is 6.14. The molecule has 0 radical (unpaired) electrons. The zero-order chi connectivity index (χ0) is 12.5. The number of halogens is 1. The van der Waals surface area contributed by atoms with Crippen molar-refractivity contribution in [1.29, 1.82) is 0 Å². The van der Waals surface area contributed by atoms with Crippen LogP contribution in [0, 0.1) is 0 Å². The van der Waals surface area contributed by atoms with E-state index in [-0.39, 0.29) is 5.56 Å². The number of nitrogens with zero attached hydrogens (tertiary/aromatic N) is 2. The van der Waals surface area contributed by atoms with Crippen molar-refractivity contribution in [2.75, 3.05) is 13.1 Å². The van der Waals surface area contributed by atoms with Gasteiger partial charge in [0.15, 0.2) is 0 Å². The number of hydrogen-bond acceptors (Lipinski definition) is 3. The lowest BCUT2D eigenvalue weighted by Gasteiger charge is -2.22. The van der Waals surface area contributed by atoms with Crippen LogP contribution in [-0.2, 0) is 0 Å². The maximum Gasteiger partial charge on any atom is 0.258 e. The third-order valence-corrected chi connectivity index (χ3v) is 4.03. The Balaban J connectivity index is 2.12. The van der Waals surface area contributed by atoms with Crippen molar-refractivity contribution in [3.63, 3.8) is 0 Å². The molecule has 0 unspecified atom stereocenters. The van der Waals surface area contributed by atoms with E-state index >= 15 is 0 Å². The van der Waals surface area contributed by atoms with E-state index < -0.39 is 0 Å². The van der Waals surface area contributed by atoms with Crippen molar-refractivity contribution in [2.45, 2.75) is 18.8 Å². The van der Waals surface area contributed by atoms with Crippen LogP contribution in [-0.4, -0.2) is 22.5 Å². The van der Waals surface area contributed by atoms with Gasteiger partial charge in [0.2, 0.25) is 0 Å². The van der Waals surface area contributed by atoms with E-state index in [0.29, 0.717) is 11.6 Å². The molecular formula is C13H14BrN3O. The minimum absolute atomic E-state index is 0.0130. The van der Waals surface area contributed by atoms with Crippen LogP contribution < -0.4 is 10.9 Å². The van der Waals surface area contributed by atoms with Crippen LogP contribution in [0.15, 0.2) is 33.7 Å². The molecule has 0 atom stereocenters. The Morgan fingerprint density at radius 1 is 1.33 bits per heavy atom. The number of pyridine rings is 1. The minimum atomic E-state index is -0.0130. The molecule has 1 fully saturated rings. The quantitative estimate of drug-likeness (QED) is 0.819. The Labute approximate surface area is 113 Å². The third-order valence-electron chi connectivity index (χ3n) is 3.41. The summed E-state index contributed by atoms with van der Waals surface area (Å²) in [4.78, 5) is 16.8. The second kappa shape index (κ2) is 4.82. The highest BCUT2D eigenvalue weighted by atomic mass is 79.9. The standard InChI is InChI=1S/C13H14BrN3O/c14-11-2-1-3-12-16-10(8-13(18)17(11)12)9-4-6-15-7-5-9/h1-3,8-9,15H,4-7H2. The van der Waals surface area contributed by atoms with Gasteiger partial charge in [-0.2, -0.15) is 0 Å². The third kappa shape index (κ3) is 2.08. The van der Waals surface area contributed by atoms with Gasteiger partial charge in [-0.3, -0.25) is 9.20 Å². The summed E-state index contributed by atoms with van der Waals surface area (Å²) in [6, 6.07) is 7.29. The van der Waals surface area contributed by atoms with E-state index in [1.54, 1.807) is 10.5 Å². The molecule has 1 aliphatic heterocycles. The molecule has 0 bridgehead atoms. The van der Waals surface area contributed by atoms with Crippen molar-refractivity contribution in [2.24, 2.45) is 0 Å². The van der Waals surface area contributed by atoms with Crippen LogP contribution in [0.1, 0.15) is 24.5 Å². The van der Waals surface area contributed by atoms with Crippen molar-refractivity contribution < 1.29 is 0 Å². The monoisotopic (exact) mass is 307 g/mol. The van der Waals surface area contributed by atoms with Crippen molar-refractivity contribution in [3.8, 4) is 0 Å². The largest absolute Gasteiger partial charge is 0.317 e. The fourth-order valence-corrected chi connectivity index (χ4v) is 2.97. The van der Waals surface area contributed by atoms with Gasteiger partial charge in [0.05, 0.1) is 10.3 Å². The van der Waals surface area contributed by atoms with E-state index in [4.69, 9.17) is 0 Å². The average Bonchev–Trinajstić information content (AvgIpc) is 2.39. The van der Waals surface area contributed by atoms with Gasteiger partial charge in [-0.05, 0) is 54.0 Å². The minimum Gasteiger partial charge on any atom is -0.317 e. The van der Waals surface area contributed by atoms with E-state index in [0.717, 1.165) is 36.2 Å². The van der Waals surface area contributed by atoms with Gasteiger partial charge in [-0.15, -0.1) is 0 Å². The summed E-state index contributed by atoms with van der Waals surface area (Å²) in [5.74, 6) is 0.405. The summed E-state index contributed by atoms with van der Waals surface area (Å²) in [6.45, 7) is 2.01. The number of nitrogens with one attached hydrogen (secondary N) is 1. The van der Waals surface area contributed by atoms with E-state index in [1.165, 1.54) is 0 Å². The molecule has 5 heteroatoms. The van der Waals surface area contributed by atoms with Gasteiger partial charge in [0.25, 0.3) is 5.56 Å². The lowest BCUT2D eigenvalue weighted by atomic mass is 9.94. The fraction of sp³-hybridized carbons (Fsp3) is 0.385. The lowest BCUT2D eigenvalue weighted by molar-refractivity contribution is 0.453. The molecule has 3 heterocycles. The highest BCUT2D eigenvalue weighted by molar-refractivity contribution is 9.10. The smallest absolute Gasteiger partial charge is 0.258 e. The molecule has 0 amide bonds. The maximum absolute atomic E-state index is 12.1. The molecule has 1 aliphatic rings. The Morgan fingerprint density at radius 3 is 2.89 bits per heavy atom. The molecule has 18 heavy (non-hydrogen) atoms.